The molecule has 25 heavy (non-hydrogen) atoms. The summed E-state index contributed by atoms with van der Waals surface area (Å²) in [6.07, 6.45) is 4.82. The highest BCUT2D eigenvalue weighted by Gasteiger charge is 2.47. The van der Waals surface area contributed by atoms with Crippen LogP contribution in [0, 0.1) is 5.41 Å². The van der Waals surface area contributed by atoms with Gasteiger partial charge < -0.3 is 10.1 Å². The monoisotopic (exact) mass is 340 g/mol. The fourth-order valence-corrected chi connectivity index (χ4v) is 5.15. The number of hydrogen-bond donors (Lipinski definition) is 1. The number of aromatic nitrogens is 1. The molecule has 134 valence electrons. The molecular weight excluding hydrogens is 312 g/mol. The van der Waals surface area contributed by atoms with Crippen LogP contribution in [0.1, 0.15) is 54.6 Å². The Balaban J connectivity index is 2.02. The molecule has 0 spiro atoms. The molecule has 4 nitrogen and oxygen atoms in total. The first-order chi connectivity index (χ1) is 12.2. The highest BCUT2D eigenvalue weighted by atomic mass is 16.5. The second kappa shape index (κ2) is 6.58. The number of fused-ring (bicyclic) bond motifs is 4. The van der Waals surface area contributed by atoms with Gasteiger partial charge in [0.2, 0.25) is 5.91 Å². The van der Waals surface area contributed by atoms with Gasteiger partial charge in [-0.25, -0.2) is 0 Å². The Bertz CT molecular complexity index is 795. The van der Waals surface area contributed by atoms with E-state index in [4.69, 9.17) is 4.74 Å². The van der Waals surface area contributed by atoms with Gasteiger partial charge in [0, 0.05) is 30.5 Å². The van der Waals surface area contributed by atoms with Crippen molar-refractivity contribution in [1.29, 1.82) is 0 Å². The van der Waals surface area contributed by atoms with E-state index in [-0.39, 0.29) is 11.3 Å². The van der Waals surface area contributed by atoms with Crippen LogP contribution in [0.25, 0.3) is 10.9 Å². The van der Waals surface area contributed by atoms with Gasteiger partial charge in [0.25, 0.3) is 0 Å². The van der Waals surface area contributed by atoms with Gasteiger partial charge in [-0.2, -0.15) is 0 Å². The summed E-state index contributed by atoms with van der Waals surface area (Å²) in [5, 5.41) is 4.83. The van der Waals surface area contributed by atoms with E-state index in [1.807, 2.05) is 10.6 Å². The second-order valence-corrected chi connectivity index (χ2v) is 7.61. The molecule has 1 aromatic heterocycles. The Labute approximate surface area is 149 Å². The Morgan fingerprint density at radius 2 is 2.16 bits per heavy atom. The average molecular weight is 340 g/mol. The number of carbonyl (C=O) groups excluding carboxylic acids is 1. The van der Waals surface area contributed by atoms with Crippen molar-refractivity contribution < 1.29 is 9.53 Å². The van der Waals surface area contributed by atoms with E-state index in [1.54, 1.807) is 7.11 Å². The largest absolute Gasteiger partial charge is 0.384 e. The lowest BCUT2D eigenvalue weighted by molar-refractivity contribution is 0.0492. The normalized spacial score (nSPS) is 26.8. The van der Waals surface area contributed by atoms with Gasteiger partial charge in [-0.05, 0) is 55.8 Å². The Morgan fingerprint density at radius 3 is 2.96 bits per heavy atom. The van der Waals surface area contributed by atoms with Crippen LogP contribution in [-0.2, 0) is 11.2 Å². The molecular formula is C21H28N2O2. The molecule has 2 bridgehead atoms. The fourth-order valence-electron chi connectivity index (χ4n) is 5.15. The van der Waals surface area contributed by atoms with Gasteiger partial charge in [-0.1, -0.05) is 25.1 Å². The standard InChI is InChI=1S/C21H28N2O2/c1-3-21-10-6-11-22-12-9-16-15-7-4-5-8-18(15)23(19(24)13-21)20(16)17(21)14-25-2/h4-5,7-8,17,22H,3,6,9-14H2,1-2H3. The molecule has 0 saturated carbocycles. The zero-order chi connectivity index (χ0) is 17.4. The summed E-state index contributed by atoms with van der Waals surface area (Å²) in [5.74, 6) is 0.556. The fraction of sp³-hybridized carbons (Fsp3) is 0.571. The minimum atomic E-state index is 0.0191. The van der Waals surface area contributed by atoms with Gasteiger partial charge in [0.1, 0.15) is 0 Å². The van der Waals surface area contributed by atoms with Gasteiger partial charge in [0.15, 0.2) is 0 Å². The molecule has 0 saturated heterocycles. The third kappa shape index (κ3) is 2.54. The molecule has 0 aliphatic carbocycles. The topological polar surface area (TPSA) is 43.3 Å². The maximum Gasteiger partial charge on any atom is 0.231 e. The summed E-state index contributed by atoms with van der Waals surface area (Å²) in [6.45, 7) is 4.93. The third-order valence-corrected chi connectivity index (χ3v) is 6.46. The molecule has 2 aromatic rings. The highest BCUT2D eigenvalue weighted by Crippen LogP contribution is 2.52. The molecule has 1 aromatic carbocycles. The number of carbonyl (C=O) groups is 1. The Kier molecular flexibility index (Phi) is 4.42. The van der Waals surface area contributed by atoms with Crippen LogP contribution in [0.2, 0.25) is 0 Å². The number of benzene rings is 1. The summed E-state index contributed by atoms with van der Waals surface area (Å²) in [6, 6.07) is 8.39. The zero-order valence-corrected chi connectivity index (χ0v) is 15.3. The van der Waals surface area contributed by atoms with Gasteiger partial charge >= 0.3 is 0 Å². The van der Waals surface area contributed by atoms with E-state index in [9.17, 15) is 4.79 Å². The summed E-state index contributed by atoms with van der Waals surface area (Å²) in [5.41, 5.74) is 3.66. The molecule has 4 heteroatoms. The van der Waals surface area contributed by atoms with Crippen LogP contribution in [0.3, 0.4) is 0 Å². The minimum Gasteiger partial charge on any atom is -0.384 e. The number of nitrogens with one attached hydrogen (secondary N) is 1. The lowest BCUT2D eigenvalue weighted by Gasteiger charge is -2.44. The maximum atomic E-state index is 13.2. The molecule has 2 aliphatic heterocycles. The highest BCUT2D eigenvalue weighted by molar-refractivity contribution is 5.97. The number of para-hydroxylation sites is 1. The first-order valence-corrected chi connectivity index (χ1v) is 9.57. The van der Waals surface area contributed by atoms with Crippen molar-refractivity contribution in [3.63, 3.8) is 0 Å². The van der Waals surface area contributed by atoms with Crippen LogP contribution in [0.4, 0.5) is 0 Å². The first-order valence-electron chi connectivity index (χ1n) is 9.57. The third-order valence-electron chi connectivity index (χ3n) is 6.46. The summed E-state index contributed by atoms with van der Waals surface area (Å²) in [4.78, 5) is 13.2. The molecule has 1 N–H and O–H groups in total. The van der Waals surface area contributed by atoms with Crippen LogP contribution < -0.4 is 5.32 Å². The molecule has 2 unspecified atom stereocenters. The van der Waals surface area contributed by atoms with E-state index in [0.717, 1.165) is 44.3 Å². The molecule has 2 atom stereocenters. The molecule has 2 aliphatic rings. The van der Waals surface area contributed by atoms with Crippen molar-refractivity contribution in [2.75, 3.05) is 26.8 Å². The Morgan fingerprint density at radius 1 is 1.32 bits per heavy atom. The van der Waals surface area contributed by atoms with Crippen molar-refractivity contribution in [3.05, 3.63) is 35.5 Å². The first kappa shape index (κ1) is 16.8. The van der Waals surface area contributed by atoms with Crippen LogP contribution in [0.5, 0.6) is 0 Å². The van der Waals surface area contributed by atoms with E-state index in [0.29, 0.717) is 18.9 Å². The van der Waals surface area contributed by atoms with Crippen LogP contribution in [0.15, 0.2) is 24.3 Å². The molecule has 3 heterocycles. The zero-order valence-electron chi connectivity index (χ0n) is 15.3. The van der Waals surface area contributed by atoms with E-state index in [2.05, 4.69) is 30.4 Å². The predicted molar refractivity (Wildman–Crippen MR) is 100 cm³/mol. The number of rotatable bonds is 3. The van der Waals surface area contributed by atoms with Gasteiger partial charge in [-0.15, -0.1) is 0 Å². The van der Waals surface area contributed by atoms with Crippen LogP contribution >= 0.6 is 0 Å². The van der Waals surface area contributed by atoms with E-state index < -0.39 is 0 Å². The maximum absolute atomic E-state index is 13.2. The number of ether oxygens (including phenoxy) is 1. The van der Waals surface area contributed by atoms with Crippen molar-refractivity contribution in [2.24, 2.45) is 5.41 Å². The summed E-state index contributed by atoms with van der Waals surface area (Å²) >= 11 is 0. The lowest BCUT2D eigenvalue weighted by Crippen LogP contribution is -2.43. The number of hydrogen-bond acceptors (Lipinski definition) is 3. The van der Waals surface area contributed by atoms with Crippen molar-refractivity contribution >= 4 is 16.8 Å². The number of methoxy groups -OCH3 is 1. The Hall–Kier alpha value is -1.65. The smallest absolute Gasteiger partial charge is 0.231 e. The number of nitrogens with zero attached hydrogens (tertiary/aromatic N) is 1. The summed E-state index contributed by atoms with van der Waals surface area (Å²) < 4.78 is 7.70. The quantitative estimate of drug-likeness (QED) is 0.926. The SMILES string of the molecule is CCC12CCCNCCc3c(n(c4ccccc34)C(=O)C1)C2COC. The minimum absolute atomic E-state index is 0.0191. The van der Waals surface area contributed by atoms with E-state index >= 15 is 0 Å². The van der Waals surface area contributed by atoms with Crippen molar-refractivity contribution in [1.82, 2.24) is 9.88 Å². The molecule has 0 fully saturated rings. The van der Waals surface area contributed by atoms with Crippen molar-refractivity contribution in [2.45, 2.75) is 44.9 Å². The summed E-state index contributed by atoms with van der Waals surface area (Å²) in [7, 11) is 1.79. The molecule has 0 radical (unpaired) electrons. The van der Waals surface area contributed by atoms with Gasteiger partial charge in [-0.3, -0.25) is 9.36 Å². The van der Waals surface area contributed by atoms with E-state index in [1.165, 1.54) is 16.6 Å². The lowest BCUT2D eigenvalue weighted by atomic mass is 9.64. The van der Waals surface area contributed by atoms with Gasteiger partial charge in [0.05, 0.1) is 12.1 Å². The van der Waals surface area contributed by atoms with Crippen molar-refractivity contribution in [3.8, 4) is 0 Å². The molecule has 4 rings (SSSR count). The van der Waals surface area contributed by atoms with Crippen LogP contribution in [-0.4, -0.2) is 37.3 Å². The second-order valence-electron chi connectivity index (χ2n) is 7.61. The predicted octanol–water partition coefficient (Wildman–Crippen LogP) is 3.74. The average Bonchev–Trinajstić information content (AvgIpc) is 2.96. The molecule has 0 amide bonds.